The Morgan fingerprint density at radius 3 is 2.58 bits per heavy atom. The van der Waals surface area contributed by atoms with E-state index < -0.39 is 18.2 Å². The Hall–Kier alpha value is -1.39. The van der Waals surface area contributed by atoms with Crippen molar-refractivity contribution in [2.45, 2.75) is 70.5 Å². The summed E-state index contributed by atoms with van der Waals surface area (Å²) in [5.74, 6) is 0.111. The third-order valence-electron chi connectivity index (χ3n) is 4.50. The van der Waals surface area contributed by atoms with Crippen molar-refractivity contribution in [3.63, 3.8) is 0 Å². The molecule has 1 rings (SSSR count). The summed E-state index contributed by atoms with van der Waals surface area (Å²) in [6.07, 6.45) is 17.3. The van der Waals surface area contributed by atoms with Crippen LogP contribution in [0.25, 0.3) is 0 Å². The van der Waals surface area contributed by atoms with E-state index in [1.165, 1.54) is 12.8 Å². The number of aliphatic hydroxyl groups excluding tert-OH is 2. The van der Waals surface area contributed by atoms with Crippen molar-refractivity contribution in [2.24, 2.45) is 11.8 Å². The van der Waals surface area contributed by atoms with E-state index in [9.17, 15) is 15.0 Å². The molecule has 136 valence electrons. The van der Waals surface area contributed by atoms with Crippen LogP contribution in [-0.4, -0.2) is 33.5 Å². The molecule has 2 unspecified atom stereocenters. The molecule has 0 heterocycles. The highest BCUT2D eigenvalue weighted by molar-refractivity contribution is 5.67. The molecule has 0 aromatic carbocycles. The summed E-state index contributed by atoms with van der Waals surface area (Å²) in [4.78, 5) is 10.5. The molecule has 0 aromatic rings. The van der Waals surface area contributed by atoms with E-state index in [0.717, 1.165) is 19.3 Å². The molecule has 0 spiro atoms. The van der Waals surface area contributed by atoms with Crippen LogP contribution in [0, 0.1) is 11.8 Å². The van der Waals surface area contributed by atoms with Crippen molar-refractivity contribution >= 4 is 5.97 Å². The molecule has 1 saturated carbocycles. The number of aliphatic hydroxyl groups is 2. The first-order chi connectivity index (χ1) is 11.5. The monoisotopic (exact) mass is 336 g/mol. The number of rotatable bonds is 11. The van der Waals surface area contributed by atoms with E-state index in [1.54, 1.807) is 0 Å². The maximum absolute atomic E-state index is 10.5. The minimum Gasteiger partial charge on any atom is -0.481 e. The number of allylic oxidation sites excluding steroid dienone is 3. The topological polar surface area (TPSA) is 77.8 Å². The summed E-state index contributed by atoms with van der Waals surface area (Å²) in [6.45, 7) is 2.08. The Labute approximate surface area is 145 Å². The van der Waals surface area contributed by atoms with Gasteiger partial charge >= 0.3 is 5.97 Å². The molecule has 0 aliphatic heterocycles. The maximum atomic E-state index is 10.5. The fourth-order valence-corrected chi connectivity index (χ4v) is 3.17. The lowest BCUT2D eigenvalue weighted by Crippen LogP contribution is -2.11. The summed E-state index contributed by atoms with van der Waals surface area (Å²) in [6, 6.07) is 0. The van der Waals surface area contributed by atoms with E-state index >= 15 is 0 Å². The first-order valence-corrected chi connectivity index (χ1v) is 9.09. The summed E-state index contributed by atoms with van der Waals surface area (Å²) in [7, 11) is 0. The molecule has 0 saturated heterocycles. The summed E-state index contributed by atoms with van der Waals surface area (Å²) in [5, 5.41) is 28.1. The predicted octanol–water partition coefficient (Wildman–Crippen LogP) is 3.85. The van der Waals surface area contributed by atoms with Gasteiger partial charge in [-0.05, 0) is 50.4 Å². The van der Waals surface area contributed by atoms with Crippen LogP contribution in [0.5, 0.6) is 0 Å². The molecule has 24 heavy (non-hydrogen) atoms. The van der Waals surface area contributed by atoms with Gasteiger partial charge in [0.15, 0.2) is 0 Å². The molecular weight excluding hydrogens is 304 g/mol. The molecule has 0 bridgehead atoms. The number of hydrogen-bond acceptors (Lipinski definition) is 3. The van der Waals surface area contributed by atoms with Gasteiger partial charge in [-0.3, -0.25) is 4.79 Å². The van der Waals surface area contributed by atoms with E-state index in [-0.39, 0.29) is 6.42 Å². The standard InChI is InChI=1S/C20H32O4/c1-2-3-4-11-18(21)14-13-17-10-7-9-16(17)8-5-6-12-19(22)15-20(23)24/h3-6,13-14,16-19,21-22H,2,7-12,15H2,1H3,(H,23,24)/t16-,17+,18?,19?/m0/s1. The van der Waals surface area contributed by atoms with Gasteiger partial charge in [0.05, 0.1) is 18.6 Å². The summed E-state index contributed by atoms with van der Waals surface area (Å²) < 4.78 is 0. The lowest BCUT2D eigenvalue weighted by Gasteiger charge is -2.15. The van der Waals surface area contributed by atoms with E-state index in [2.05, 4.69) is 25.2 Å². The summed E-state index contributed by atoms with van der Waals surface area (Å²) >= 11 is 0. The SMILES string of the molecule is CCC=CCC(O)C=C[C@H]1CCC[C@@H]1CC=CCC(O)CC(=O)O. The van der Waals surface area contributed by atoms with Gasteiger partial charge in [0.25, 0.3) is 0 Å². The third kappa shape index (κ3) is 9.04. The van der Waals surface area contributed by atoms with Gasteiger partial charge in [-0.1, -0.05) is 49.8 Å². The smallest absolute Gasteiger partial charge is 0.305 e. The van der Waals surface area contributed by atoms with Crippen molar-refractivity contribution in [1.82, 2.24) is 0 Å². The van der Waals surface area contributed by atoms with Gasteiger partial charge < -0.3 is 15.3 Å². The lowest BCUT2D eigenvalue weighted by molar-refractivity contribution is -0.139. The van der Waals surface area contributed by atoms with E-state index in [0.29, 0.717) is 24.7 Å². The summed E-state index contributed by atoms with van der Waals surface area (Å²) in [5.41, 5.74) is 0. The zero-order valence-corrected chi connectivity index (χ0v) is 14.7. The molecule has 1 aliphatic carbocycles. The third-order valence-corrected chi connectivity index (χ3v) is 4.50. The quantitative estimate of drug-likeness (QED) is 0.501. The molecule has 4 heteroatoms. The molecule has 3 N–H and O–H groups in total. The first kappa shape index (κ1) is 20.7. The van der Waals surface area contributed by atoms with E-state index in [4.69, 9.17) is 5.11 Å². The first-order valence-electron chi connectivity index (χ1n) is 9.09. The Kier molecular flexibility index (Phi) is 10.4. The largest absolute Gasteiger partial charge is 0.481 e. The van der Waals surface area contributed by atoms with Gasteiger partial charge in [-0.25, -0.2) is 0 Å². The van der Waals surface area contributed by atoms with Crippen molar-refractivity contribution < 1.29 is 20.1 Å². The predicted molar refractivity (Wildman–Crippen MR) is 96.7 cm³/mol. The zero-order chi connectivity index (χ0) is 17.8. The number of aliphatic carboxylic acids is 1. The van der Waals surface area contributed by atoms with Crippen molar-refractivity contribution in [1.29, 1.82) is 0 Å². The Morgan fingerprint density at radius 1 is 1.12 bits per heavy atom. The Morgan fingerprint density at radius 2 is 1.88 bits per heavy atom. The Balaban J connectivity index is 2.34. The fraction of sp³-hybridized carbons (Fsp3) is 0.650. The van der Waals surface area contributed by atoms with Crippen LogP contribution in [0.3, 0.4) is 0 Å². The second-order valence-electron chi connectivity index (χ2n) is 6.62. The highest BCUT2D eigenvalue weighted by Gasteiger charge is 2.24. The second kappa shape index (κ2) is 12.0. The highest BCUT2D eigenvalue weighted by Crippen LogP contribution is 2.35. The molecule has 1 aliphatic rings. The normalized spacial score (nSPS) is 24.3. The number of carbonyl (C=O) groups is 1. The minimum atomic E-state index is -0.968. The van der Waals surface area contributed by atoms with Crippen molar-refractivity contribution in [3.05, 3.63) is 36.5 Å². The second-order valence-corrected chi connectivity index (χ2v) is 6.62. The van der Waals surface area contributed by atoms with Gasteiger partial charge in [0.2, 0.25) is 0 Å². The van der Waals surface area contributed by atoms with Crippen LogP contribution in [0.2, 0.25) is 0 Å². The average molecular weight is 336 g/mol. The Bertz CT molecular complexity index is 439. The van der Waals surface area contributed by atoms with Crippen LogP contribution in [0.4, 0.5) is 0 Å². The van der Waals surface area contributed by atoms with Crippen LogP contribution < -0.4 is 0 Å². The number of carboxylic acids is 1. The van der Waals surface area contributed by atoms with Gasteiger partial charge in [0.1, 0.15) is 0 Å². The average Bonchev–Trinajstić information content (AvgIpc) is 2.96. The van der Waals surface area contributed by atoms with Crippen LogP contribution in [0.1, 0.15) is 58.3 Å². The van der Waals surface area contributed by atoms with Gasteiger partial charge in [-0.2, -0.15) is 0 Å². The van der Waals surface area contributed by atoms with Crippen molar-refractivity contribution in [3.8, 4) is 0 Å². The molecule has 1 fully saturated rings. The lowest BCUT2D eigenvalue weighted by atomic mass is 9.91. The highest BCUT2D eigenvalue weighted by atomic mass is 16.4. The van der Waals surface area contributed by atoms with Gasteiger partial charge in [0, 0.05) is 0 Å². The fourth-order valence-electron chi connectivity index (χ4n) is 3.17. The molecule has 0 radical (unpaired) electrons. The van der Waals surface area contributed by atoms with E-state index in [1.807, 2.05) is 18.2 Å². The van der Waals surface area contributed by atoms with Crippen molar-refractivity contribution in [2.75, 3.05) is 0 Å². The number of hydrogen-bond donors (Lipinski definition) is 3. The number of carboxylic acid groups (broad SMARTS) is 1. The molecule has 0 aromatic heterocycles. The minimum absolute atomic E-state index is 0.205. The van der Waals surface area contributed by atoms with Crippen LogP contribution in [-0.2, 0) is 4.79 Å². The van der Waals surface area contributed by atoms with Crippen LogP contribution >= 0.6 is 0 Å². The molecular formula is C20H32O4. The zero-order valence-electron chi connectivity index (χ0n) is 14.7. The van der Waals surface area contributed by atoms with Crippen LogP contribution in [0.15, 0.2) is 36.5 Å². The molecule has 4 nitrogen and oxygen atoms in total. The maximum Gasteiger partial charge on any atom is 0.305 e. The van der Waals surface area contributed by atoms with Gasteiger partial charge in [-0.15, -0.1) is 0 Å². The molecule has 0 amide bonds. The molecule has 4 atom stereocenters.